The van der Waals surface area contributed by atoms with Crippen LogP contribution in [0.4, 0.5) is 5.69 Å². The van der Waals surface area contributed by atoms with Crippen molar-refractivity contribution in [3.8, 4) is 11.5 Å². The highest BCUT2D eigenvalue weighted by Gasteiger charge is 2.27. The molecule has 2 aliphatic rings. The molecule has 1 fully saturated rings. The number of likely N-dealkylation sites (tertiary alicyclic amines) is 1. The second-order valence-corrected chi connectivity index (χ2v) is 7.20. The van der Waals surface area contributed by atoms with Gasteiger partial charge in [-0.25, -0.2) is 0 Å². The summed E-state index contributed by atoms with van der Waals surface area (Å²) in [6, 6.07) is 15.4. The summed E-state index contributed by atoms with van der Waals surface area (Å²) in [6.45, 7) is 1.48. The molecule has 0 bridgehead atoms. The Bertz CT molecular complexity index is 845. The summed E-state index contributed by atoms with van der Waals surface area (Å²) in [7, 11) is 0. The maximum Gasteiger partial charge on any atom is 0.231 e. The zero-order valence-electron chi connectivity index (χ0n) is 15.7. The zero-order valence-corrected chi connectivity index (χ0v) is 15.7. The Morgan fingerprint density at radius 1 is 1.00 bits per heavy atom. The van der Waals surface area contributed by atoms with E-state index in [1.54, 1.807) is 12.1 Å². The summed E-state index contributed by atoms with van der Waals surface area (Å²) in [5, 5.41) is 2.95. The normalized spacial score (nSPS) is 16.1. The van der Waals surface area contributed by atoms with Crippen LogP contribution < -0.4 is 14.8 Å². The first-order chi connectivity index (χ1) is 13.7. The molecular formula is C22H24N2O4. The van der Waals surface area contributed by atoms with Crippen LogP contribution in [-0.2, 0) is 16.0 Å². The fourth-order valence-corrected chi connectivity index (χ4v) is 3.66. The fourth-order valence-electron chi connectivity index (χ4n) is 3.66. The van der Waals surface area contributed by atoms with E-state index in [1.807, 2.05) is 41.3 Å². The van der Waals surface area contributed by atoms with Crippen LogP contribution in [0.25, 0.3) is 0 Å². The van der Waals surface area contributed by atoms with E-state index in [9.17, 15) is 9.59 Å². The number of nitrogens with zero attached hydrogens (tertiary/aromatic N) is 1. The van der Waals surface area contributed by atoms with Crippen molar-refractivity contribution in [2.75, 3.05) is 25.2 Å². The van der Waals surface area contributed by atoms with Crippen molar-refractivity contribution in [2.24, 2.45) is 5.92 Å². The standard InChI is InChI=1S/C22H24N2O4/c25-21(9-6-16-4-2-1-3-5-16)24-12-10-17(11-13-24)22(26)23-18-7-8-19-20(14-18)28-15-27-19/h1-5,7-8,14,17H,6,9-13,15H2,(H,23,26). The van der Waals surface area contributed by atoms with Crippen molar-refractivity contribution < 1.29 is 19.1 Å². The van der Waals surface area contributed by atoms with Crippen LogP contribution in [0, 0.1) is 5.92 Å². The lowest BCUT2D eigenvalue weighted by molar-refractivity contribution is -0.134. The maximum absolute atomic E-state index is 12.6. The molecule has 1 saturated heterocycles. The lowest BCUT2D eigenvalue weighted by atomic mass is 9.95. The van der Waals surface area contributed by atoms with Gasteiger partial charge in [0.25, 0.3) is 0 Å². The number of rotatable bonds is 5. The zero-order chi connectivity index (χ0) is 19.3. The highest BCUT2D eigenvalue weighted by molar-refractivity contribution is 5.93. The number of amides is 2. The molecule has 0 atom stereocenters. The van der Waals surface area contributed by atoms with E-state index in [0.29, 0.717) is 49.5 Å². The summed E-state index contributed by atoms with van der Waals surface area (Å²) in [5.74, 6) is 1.43. The van der Waals surface area contributed by atoms with E-state index in [4.69, 9.17) is 9.47 Å². The number of fused-ring (bicyclic) bond motifs is 1. The predicted molar refractivity (Wildman–Crippen MR) is 105 cm³/mol. The first-order valence-electron chi connectivity index (χ1n) is 9.71. The van der Waals surface area contributed by atoms with E-state index in [2.05, 4.69) is 5.32 Å². The van der Waals surface area contributed by atoms with Crippen LogP contribution >= 0.6 is 0 Å². The Morgan fingerprint density at radius 3 is 2.54 bits per heavy atom. The number of carbonyl (C=O) groups is 2. The molecule has 2 amide bonds. The summed E-state index contributed by atoms with van der Waals surface area (Å²) in [6.07, 6.45) is 2.64. The molecule has 28 heavy (non-hydrogen) atoms. The van der Waals surface area contributed by atoms with Crippen molar-refractivity contribution in [3.63, 3.8) is 0 Å². The molecule has 146 valence electrons. The molecule has 4 rings (SSSR count). The fraction of sp³-hybridized carbons (Fsp3) is 0.364. The van der Waals surface area contributed by atoms with Crippen molar-refractivity contribution in [3.05, 3.63) is 54.1 Å². The molecule has 2 aliphatic heterocycles. The van der Waals surface area contributed by atoms with Crippen molar-refractivity contribution in [2.45, 2.75) is 25.7 Å². The topological polar surface area (TPSA) is 67.9 Å². The summed E-state index contributed by atoms with van der Waals surface area (Å²) in [5.41, 5.74) is 1.88. The monoisotopic (exact) mass is 380 g/mol. The van der Waals surface area contributed by atoms with Gasteiger partial charge in [-0.15, -0.1) is 0 Å². The number of piperidine rings is 1. The SMILES string of the molecule is O=C(Nc1ccc2c(c1)OCO2)C1CCN(C(=O)CCc2ccccc2)CC1. The average molecular weight is 380 g/mol. The Labute approximate surface area is 164 Å². The number of benzene rings is 2. The molecular weight excluding hydrogens is 356 g/mol. The van der Waals surface area contributed by atoms with Crippen LogP contribution in [0.2, 0.25) is 0 Å². The Morgan fingerprint density at radius 2 is 1.75 bits per heavy atom. The number of ether oxygens (including phenoxy) is 2. The molecule has 0 saturated carbocycles. The molecule has 6 nitrogen and oxygen atoms in total. The highest BCUT2D eigenvalue weighted by atomic mass is 16.7. The van der Waals surface area contributed by atoms with Gasteiger partial charge in [0.05, 0.1) is 0 Å². The molecule has 2 aromatic carbocycles. The lowest BCUT2D eigenvalue weighted by Gasteiger charge is -2.31. The third kappa shape index (κ3) is 4.27. The molecule has 2 aromatic rings. The van der Waals surface area contributed by atoms with Gasteiger partial charge in [0.2, 0.25) is 18.6 Å². The third-order valence-electron chi connectivity index (χ3n) is 5.33. The van der Waals surface area contributed by atoms with Crippen molar-refractivity contribution >= 4 is 17.5 Å². The second kappa shape index (κ2) is 8.33. The molecule has 0 spiro atoms. The molecule has 2 heterocycles. The summed E-state index contributed by atoms with van der Waals surface area (Å²) >= 11 is 0. The van der Waals surface area contributed by atoms with E-state index < -0.39 is 0 Å². The van der Waals surface area contributed by atoms with Gasteiger partial charge in [-0.05, 0) is 37.0 Å². The van der Waals surface area contributed by atoms with Crippen molar-refractivity contribution in [1.29, 1.82) is 0 Å². The van der Waals surface area contributed by atoms with Crippen LogP contribution in [0.5, 0.6) is 11.5 Å². The molecule has 6 heteroatoms. The molecule has 0 aliphatic carbocycles. The molecule has 0 unspecified atom stereocenters. The molecule has 0 aromatic heterocycles. The number of hydrogen-bond donors (Lipinski definition) is 1. The Hall–Kier alpha value is -3.02. The molecule has 0 radical (unpaired) electrons. The van der Waals surface area contributed by atoms with Crippen LogP contribution in [0.3, 0.4) is 0 Å². The van der Waals surface area contributed by atoms with Gasteiger partial charge >= 0.3 is 0 Å². The van der Waals surface area contributed by atoms with Gasteiger partial charge in [0, 0.05) is 37.2 Å². The number of anilines is 1. The van der Waals surface area contributed by atoms with E-state index in [0.717, 1.165) is 6.42 Å². The first-order valence-corrected chi connectivity index (χ1v) is 9.71. The smallest absolute Gasteiger partial charge is 0.231 e. The highest BCUT2D eigenvalue weighted by Crippen LogP contribution is 2.34. The summed E-state index contributed by atoms with van der Waals surface area (Å²) < 4.78 is 10.6. The Kier molecular flexibility index (Phi) is 5.46. The van der Waals surface area contributed by atoms with Gasteiger partial charge in [0.15, 0.2) is 11.5 Å². The minimum atomic E-state index is -0.0800. The van der Waals surface area contributed by atoms with Gasteiger partial charge in [-0.3, -0.25) is 9.59 Å². The van der Waals surface area contributed by atoms with Gasteiger partial charge < -0.3 is 19.7 Å². The number of nitrogens with one attached hydrogen (secondary N) is 1. The van der Waals surface area contributed by atoms with E-state index >= 15 is 0 Å². The number of aryl methyl sites for hydroxylation is 1. The second-order valence-electron chi connectivity index (χ2n) is 7.20. The maximum atomic E-state index is 12.6. The van der Waals surface area contributed by atoms with Crippen LogP contribution in [-0.4, -0.2) is 36.6 Å². The average Bonchev–Trinajstić information content (AvgIpc) is 3.21. The van der Waals surface area contributed by atoms with Gasteiger partial charge in [-0.2, -0.15) is 0 Å². The minimum absolute atomic E-state index is 0.00440. The van der Waals surface area contributed by atoms with Gasteiger partial charge in [-0.1, -0.05) is 30.3 Å². The van der Waals surface area contributed by atoms with E-state index in [1.165, 1.54) is 5.56 Å². The first kappa shape index (κ1) is 18.3. The third-order valence-corrected chi connectivity index (χ3v) is 5.33. The van der Waals surface area contributed by atoms with Crippen LogP contribution in [0.1, 0.15) is 24.8 Å². The summed E-state index contributed by atoms with van der Waals surface area (Å²) in [4.78, 5) is 26.9. The largest absolute Gasteiger partial charge is 0.454 e. The van der Waals surface area contributed by atoms with E-state index in [-0.39, 0.29) is 24.5 Å². The Balaban J connectivity index is 1.24. The van der Waals surface area contributed by atoms with Gasteiger partial charge in [0.1, 0.15) is 0 Å². The predicted octanol–water partition coefficient (Wildman–Crippen LogP) is 3.23. The number of carbonyl (C=O) groups excluding carboxylic acids is 2. The quantitative estimate of drug-likeness (QED) is 0.865. The number of hydrogen-bond acceptors (Lipinski definition) is 4. The van der Waals surface area contributed by atoms with Crippen LogP contribution in [0.15, 0.2) is 48.5 Å². The molecule has 1 N–H and O–H groups in total. The lowest BCUT2D eigenvalue weighted by Crippen LogP contribution is -2.41. The van der Waals surface area contributed by atoms with Crippen molar-refractivity contribution in [1.82, 2.24) is 4.90 Å². The minimum Gasteiger partial charge on any atom is -0.454 e.